The molecule has 0 aliphatic heterocycles. The first kappa shape index (κ1) is 22.9. The number of hydrazone groups is 1. The number of halogens is 2. The van der Waals surface area contributed by atoms with Gasteiger partial charge in [-0.05, 0) is 13.8 Å². The van der Waals surface area contributed by atoms with Gasteiger partial charge in [0.1, 0.15) is 6.34 Å². The van der Waals surface area contributed by atoms with Crippen molar-refractivity contribution in [3.05, 3.63) is 10.8 Å². The summed E-state index contributed by atoms with van der Waals surface area (Å²) in [6.07, 6.45) is 0.966. The second-order valence-corrected chi connectivity index (χ2v) is 4.46. The Morgan fingerprint density at radius 3 is 2.43 bits per heavy atom. The van der Waals surface area contributed by atoms with Gasteiger partial charge in [0.25, 0.3) is 5.91 Å². The fraction of sp³-hybridized carbons (Fsp3) is 0.300. The minimum absolute atomic E-state index is 0. The van der Waals surface area contributed by atoms with Gasteiger partial charge in [0.15, 0.2) is 22.5 Å². The van der Waals surface area contributed by atoms with Crippen LogP contribution in [-0.4, -0.2) is 39.8 Å². The van der Waals surface area contributed by atoms with Gasteiger partial charge >= 0.3 is 6.03 Å². The molecule has 0 aliphatic rings. The zero-order chi connectivity index (χ0) is 16.0. The first-order valence-electron chi connectivity index (χ1n) is 5.78. The third-order valence-electron chi connectivity index (χ3n) is 1.97. The van der Waals surface area contributed by atoms with Crippen LogP contribution in [0.3, 0.4) is 0 Å². The molecule has 130 valence electrons. The van der Waals surface area contributed by atoms with Crippen LogP contribution in [0.2, 0.25) is 5.15 Å². The van der Waals surface area contributed by atoms with E-state index in [1.165, 1.54) is 0 Å². The van der Waals surface area contributed by atoms with Gasteiger partial charge in [0, 0.05) is 6.04 Å². The molecular weight excluding hydrogens is 351 g/mol. The summed E-state index contributed by atoms with van der Waals surface area (Å²) in [7, 11) is 0. The molecule has 0 aromatic carbocycles. The summed E-state index contributed by atoms with van der Waals surface area (Å²) >= 11 is 5.65. The van der Waals surface area contributed by atoms with Gasteiger partial charge < -0.3 is 27.6 Å². The lowest BCUT2D eigenvalue weighted by Gasteiger charge is -2.06. The molecule has 0 saturated carbocycles. The molecule has 1 heterocycles. The van der Waals surface area contributed by atoms with Crippen LogP contribution in [0.15, 0.2) is 5.10 Å². The second-order valence-electron chi connectivity index (χ2n) is 4.11. The van der Waals surface area contributed by atoms with Crippen molar-refractivity contribution in [1.29, 1.82) is 0 Å². The van der Waals surface area contributed by atoms with Crippen molar-refractivity contribution in [3.8, 4) is 0 Å². The van der Waals surface area contributed by atoms with Gasteiger partial charge in [0.05, 0.1) is 0 Å². The summed E-state index contributed by atoms with van der Waals surface area (Å²) in [6, 6.07) is -0.549. The molecule has 1 aromatic rings. The first-order chi connectivity index (χ1) is 9.81. The quantitative estimate of drug-likeness (QED) is 0.264. The van der Waals surface area contributed by atoms with E-state index in [0.717, 1.165) is 6.34 Å². The molecule has 1 aromatic heterocycles. The summed E-state index contributed by atoms with van der Waals surface area (Å²) in [4.78, 5) is 30.3. The molecule has 0 fully saturated rings. The minimum atomic E-state index is -0.697. The van der Waals surface area contributed by atoms with Gasteiger partial charge in [-0.2, -0.15) is 5.10 Å². The van der Waals surface area contributed by atoms with Crippen LogP contribution in [-0.2, 0) is 0 Å². The normalized spacial score (nSPS) is 9.74. The van der Waals surface area contributed by atoms with Crippen LogP contribution in [0.4, 0.5) is 16.4 Å². The molecule has 0 spiro atoms. The van der Waals surface area contributed by atoms with Crippen molar-refractivity contribution in [2.45, 2.75) is 19.9 Å². The topological polar surface area (TPSA) is 192 Å². The third kappa shape index (κ3) is 7.44. The number of nitrogen functional groups attached to an aromatic ring is 2. The Morgan fingerprint density at radius 1 is 1.26 bits per heavy atom. The highest BCUT2D eigenvalue weighted by Gasteiger charge is 2.14. The molecule has 1 rings (SSSR count). The predicted octanol–water partition coefficient (Wildman–Crippen LogP) is -0.728. The van der Waals surface area contributed by atoms with Gasteiger partial charge in [-0.25, -0.2) is 20.2 Å². The standard InChI is InChI=1S/C10H15ClN8O2.ClH.H2O/c1-4(2)16-10(21)19-15-3-14-9(20)5-7(12)18-8(13)6(11)17-5;;/h3-4H,1-2H3,(H4,12,13,18)(H,14,15,20)(H2,16,19,21);1H;1H2. The maximum absolute atomic E-state index is 11.7. The smallest absolute Gasteiger partial charge is 0.335 e. The molecule has 0 atom stereocenters. The summed E-state index contributed by atoms with van der Waals surface area (Å²) < 4.78 is 0. The van der Waals surface area contributed by atoms with Crippen LogP contribution in [0.1, 0.15) is 24.3 Å². The van der Waals surface area contributed by atoms with Crippen molar-refractivity contribution in [3.63, 3.8) is 0 Å². The molecule has 11 nitrogen and oxygen atoms in total. The number of amides is 3. The molecule has 0 bridgehead atoms. The van der Waals surface area contributed by atoms with Crippen molar-refractivity contribution < 1.29 is 15.1 Å². The van der Waals surface area contributed by atoms with Crippen molar-refractivity contribution in [1.82, 2.24) is 26.0 Å². The fourth-order valence-electron chi connectivity index (χ4n) is 1.15. The van der Waals surface area contributed by atoms with E-state index in [1.807, 2.05) is 0 Å². The molecule has 23 heavy (non-hydrogen) atoms. The number of nitrogens with zero attached hydrogens (tertiary/aromatic N) is 3. The highest BCUT2D eigenvalue weighted by molar-refractivity contribution is 6.31. The fourth-order valence-corrected chi connectivity index (χ4v) is 1.28. The number of anilines is 2. The second kappa shape index (κ2) is 10.4. The summed E-state index contributed by atoms with van der Waals surface area (Å²) in [5.74, 6) is -0.948. The van der Waals surface area contributed by atoms with Crippen LogP contribution in [0, 0.1) is 0 Å². The molecule has 9 N–H and O–H groups in total. The van der Waals surface area contributed by atoms with Crippen LogP contribution in [0.5, 0.6) is 0 Å². The Labute approximate surface area is 143 Å². The maximum atomic E-state index is 11.7. The largest absolute Gasteiger partial charge is 0.412 e. The van der Waals surface area contributed by atoms with E-state index < -0.39 is 11.9 Å². The number of carbonyl (C=O) groups is 2. The molecular formula is C10H18Cl2N8O3. The average molecular weight is 369 g/mol. The number of nitrogens with one attached hydrogen (secondary N) is 3. The Morgan fingerprint density at radius 2 is 1.87 bits per heavy atom. The van der Waals surface area contributed by atoms with Gasteiger partial charge in [-0.1, -0.05) is 11.6 Å². The van der Waals surface area contributed by atoms with Crippen LogP contribution in [0.25, 0.3) is 0 Å². The Balaban J connectivity index is 0. The number of hydrogen-bond donors (Lipinski definition) is 5. The van der Waals surface area contributed by atoms with Gasteiger partial charge in [0.2, 0.25) is 0 Å². The Kier molecular flexibility index (Phi) is 10.3. The maximum Gasteiger partial charge on any atom is 0.335 e. The first-order valence-corrected chi connectivity index (χ1v) is 6.16. The highest BCUT2D eigenvalue weighted by atomic mass is 35.5. The highest BCUT2D eigenvalue weighted by Crippen LogP contribution is 2.16. The molecule has 0 saturated heterocycles. The third-order valence-corrected chi connectivity index (χ3v) is 2.24. The number of hydrogen-bond acceptors (Lipinski definition) is 7. The number of aromatic nitrogens is 2. The SMILES string of the molecule is CC(C)NC(=O)NN=CNC(=O)c1nc(Cl)c(N)nc1N.Cl.O. The van der Waals surface area contributed by atoms with E-state index in [9.17, 15) is 9.59 Å². The van der Waals surface area contributed by atoms with Crippen LogP contribution < -0.4 is 27.5 Å². The Hall–Kier alpha value is -2.37. The van der Waals surface area contributed by atoms with Crippen LogP contribution >= 0.6 is 24.0 Å². The average Bonchev–Trinajstić information content (AvgIpc) is 2.38. The summed E-state index contributed by atoms with van der Waals surface area (Å²) in [5, 5.41) is 8.13. The molecule has 0 aliphatic carbocycles. The van der Waals surface area contributed by atoms with E-state index in [0.29, 0.717) is 0 Å². The van der Waals surface area contributed by atoms with Crippen molar-refractivity contribution in [2.24, 2.45) is 5.10 Å². The number of urea groups is 1. The lowest BCUT2D eigenvalue weighted by molar-refractivity contribution is 0.0974. The van der Waals surface area contributed by atoms with E-state index in [-0.39, 0.29) is 46.4 Å². The summed E-state index contributed by atoms with van der Waals surface area (Å²) in [6.45, 7) is 3.58. The zero-order valence-electron chi connectivity index (χ0n) is 12.3. The molecule has 3 amide bonds. The van der Waals surface area contributed by atoms with E-state index in [4.69, 9.17) is 23.1 Å². The monoisotopic (exact) mass is 368 g/mol. The number of carbonyl (C=O) groups excluding carboxylic acids is 2. The van der Waals surface area contributed by atoms with E-state index >= 15 is 0 Å². The van der Waals surface area contributed by atoms with Crippen molar-refractivity contribution >= 4 is 53.9 Å². The van der Waals surface area contributed by atoms with Gasteiger partial charge in [-0.3, -0.25) is 4.79 Å². The Bertz CT molecular complexity index is 581. The molecule has 0 radical (unpaired) electrons. The molecule has 0 unspecified atom stereocenters. The lowest BCUT2D eigenvalue weighted by atomic mass is 10.4. The van der Waals surface area contributed by atoms with Crippen molar-refractivity contribution in [2.75, 3.05) is 11.5 Å². The minimum Gasteiger partial charge on any atom is -0.412 e. The lowest BCUT2D eigenvalue weighted by Crippen LogP contribution is -2.37. The number of rotatable bonds is 4. The van der Waals surface area contributed by atoms with E-state index in [1.54, 1.807) is 13.8 Å². The zero-order valence-corrected chi connectivity index (χ0v) is 13.8. The van der Waals surface area contributed by atoms with Gasteiger partial charge in [-0.15, -0.1) is 12.4 Å². The molecule has 13 heteroatoms. The summed E-state index contributed by atoms with van der Waals surface area (Å²) in [5.41, 5.74) is 12.8. The predicted molar refractivity (Wildman–Crippen MR) is 89.5 cm³/mol. The van der Waals surface area contributed by atoms with E-state index in [2.05, 4.69) is 31.1 Å². The number of nitrogens with two attached hydrogens (primary N) is 2.